The number of ether oxygens (including phenoxy) is 1. The molecule has 1 atom stereocenters. The molecule has 6 heteroatoms. The topological polar surface area (TPSA) is 68.5 Å². The van der Waals surface area contributed by atoms with Gasteiger partial charge in [-0.2, -0.15) is 4.98 Å². The highest BCUT2D eigenvalue weighted by Crippen LogP contribution is 2.37. The molecule has 0 bridgehead atoms. The van der Waals surface area contributed by atoms with E-state index in [1.807, 2.05) is 35.2 Å². The molecule has 1 saturated heterocycles. The van der Waals surface area contributed by atoms with Crippen LogP contribution in [0.3, 0.4) is 0 Å². The lowest BCUT2D eigenvalue weighted by Gasteiger charge is -2.21. The lowest BCUT2D eigenvalue weighted by atomic mass is 10.2. The molecule has 24 heavy (non-hydrogen) atoms. The monoisotopic (exact) mass is 327 g/mol. The van der Waals surface area contributed by atoms with Gasteiger partial charge >= 0.3 is 0 Å². The number of benzene rings is 1. The zero-order chi connectivity index (χ0) is 16.4. The highest BCUT2D eigenvalue weighted by atomic mass is 16.5. The van der Waals surface area contributed by atoms with E-state index in [0.717, 1.165) is 37.8 Å². The fourth-order valence-corrected chi connectivity index (χ4v) is 3.16. The molecular formula is C18H21N3O3. The van der Waals surface area contributed by atoms with E-state index in [9.17, 15) is 4.79 Å². The Morgan fingerprint density at radius 2 is 2.04 bits per heavy atom. The van der Waals surface area contributed by atoms with E-state index in [-0.39, 0.29) is 24.5 Å². The van der Waals surface area contributed by atoms with Crippen LogP contribution < -0.4 is 0 Å². The van der Waals surface area contributed by atoms with Crippen LogP contribution in [0.1, 0.15) is 49.0 Å². The first-order chi connectivity index (χ1) is 11.8. The average Bonchev–Trinajstić information content (AvgIpc) is 3.16. The number of hydrogen-bond donors (Lipinski definition) is 0. The highest BCUT2D eigenvalue weighted by Gasteiger charge is 2.40. The molecule has 0 N–H and O–H groups in total. The van der Waals surface area contributed by atoms with Crippen molar-refractivity contribution in [1.82, 2.24) is 15.0 Å². The first kappa shape index (κ1) is 15.3. The van der Waals surface area contributed by atoms with E-state index in [1.165, 1.54) is 0 Å². The Kier molecular flexibility index (Phi) is 4.30. The minimum atomic E-state index is -0.0373. The molecule has 2 aromatic rings. The van der Waals surface area contributed by atoms with Crippen molar-refractivity contribution in [2.45, 2.75) is 44.9 Å². The van der Waals surface area contributed by atoms with Crippen LogP contribution in [0.5, 0.6) is 0 Å². The van der Waals surface area contributed by atoms with Crippen LogP contribution >= 0.6 is 0 Å². The molecule has 2 heterocycles. The summed E-state index contributed by atoms with van der Waals surface area (Å²) in [7, 11) is 0. The summed E-state index contributed by atoms with van der Waals surface area (Å²) in [4.78, 5) is 18.7. The maximum absolute atomic E-state index is 12.3. The van der Waals surface area contributed by atoms with Gasteiger partial charge in [-0.3, -0.25) is 4.79 Å². The predicted octanol–water partition coefficient (Wildman–Crippen LogP) is 2.86. The lowest BCUT2D eigenvalue weighted by molar-refractivity contribution is -0.133. The van der Waals surface area contributed by atoms with Gasteiger partial charge in [0.15, 0.2) is 5.82 Å². The Morgan fingerprint density at radius 3 is 2.83 bits per heavy atom. The summed E-state index contributed by atoms with van der Waals surface area (Å²) in [6.45, 7) is 1.59. The molecule has 4 rings (SSSR count). The van der Waals surface area contributed by atoms with Gasteiger partial charge in [-0.1, -0.05) is 35.5 Å². The van der Waals surface area contributed by atoms with Gasteiger partial charge < -0.3 is 14.2 Å². The van der Waals surface area contributed by atoms with E-state index in [1.54, 1.807) is 0 Å². The molecule has 126 valence electrons. The lowest BCUT2D eigenvalue weighted by Crippen LogP contribution is -2.32. The van der Waals surface area contributed by atoms with Crippen molar-refractivity contribution in [3.05, 3.63) is 47.6 Å². The van der Waals surface area contributed by atoms with E-state index in [0.29, 0.717) is 18.3 Å². The van der Waals surface area contributed by atoms with Gasteiger partial charge in [0, 0.05) is 12.5 Å². The Hall–Kier alpha value is -2.21. The quantitative estimate of drug-likeness (QED) is 0.816. The van der Waals surface area contributed by atoms with Crippen molar-refractivity contribution >= 4 is 5.91 Å². The zero-order valence-corrected chi connectivity index (χ0v) is 13.6. The first-order valence-corrected chi connectivity index (χ1v) is 8.56. The number of carbonyl (C=O) groups excluding carboxylic acids is 1. The van der Waals surface area contributed by atoms with Gasteiger partial charge in [-0.05, 0) is 31.2 Å². The van der Waals surface area contributed by atoms with E-state index < -0.39 is 0 Å². The molecule has 1 aliphatic heterocycles. The van der Waals surface area contributed by atoms with Crippen molar-refractivity contribution in [3.63, 3.8) is 0 Å². The van der Waals surface area contributed by atoms with E-state index in [4.69, 9.17) is 9.26 Å². The summed E-state index contributed by atoms with van der Waals surface area (Å²) in [5.74, 6) is 1.56. The number of rotatable bonds is 6. The second-order valence-corrected chi connectivity index (χ2v) is 6.49. The number of amides is 1. The van der Waals surface area contributed by atoms with Crippen molar-refractivity contribution < 1.29 is 14.1 Å². The van der Waals surface area contributed by atoms with E-state index in [2.05, 4.69) is 10.1 Å². The van der Waals surface area contributed by atoms with Crippen LogP contribution in [-0.4, -0.2) is 27.5 Å². The summed E-state index contributed by atoms with van der Waals surface area (Å²) in [5.41, 5.74) is 1.11. The maximum Gasteiger partial charge on any atom is 0.252 e. The minimum Gasteiger partial charge on any atom is -0.367 e. The van der Waals surface area contributed by atoms with Gasteiger partial charge in [-0.15, -0.1) is 0 Å². The van der Waals surface area contributed by atoms with Crippen LogP contribution in [0.2, 0.25) is 0 Å². The molecular weight excluding hydrogens is 306 g/mol. The van der Waals surface area contributed by atoms with Crippen LogP contribution in [0.15, 0.2) is 34.9 Å². The summed E-state index contributed by atoms with van der Waals surface area (Å²) in [5, 5.41) is 4.08. The third-order valence-corrected chi connectivity index (χ3v) is 4.58. The number of hydrogen-bond acceptors (Lipinski definition) is 5. The summed E-state index contributed by atoms with van der Waals surface area (Å²) < 4.78 is 10.9. The van der Waals surface area contributed by atoms with Crippen LogP contribution in [0.25, 0.3) is 0 Å². The SMILES string of the molecule is O=C(C1CC1)N1CCCC1c1noc(COCc2ccccc2)n1. The number of nitrogens with zero attached hydrogens (tertiary/aromatic N) is 3. The second-order valence-electron chi connectivity index (χ2n) is 6.49. The van der Waals surface area contributed by atoms with Gasteiger partial charge in [0.05, 0.1) is 12.6 Å². The number of likely N-dealkylation sites (tertiary alicyclic amines) is 1. The molecule has 1 unspecified atom stereocenters. The Morgan fingerprint density at radius 1 is 1.21 bits per heavy atom. The van der Waals surface area contributed by atoms with Gasteiger partial charge in [0.2, 0.25) is 5.91 Å². The molecule has 1 amide bonds. The van der Waals surface area contributed by atoms with Gasteiger partial charge in [-0.25, -0.2) is 0 Å². The standard InChI is InChI=1S/C18H21N3O3/c22-18(14-8-9-14)21-10-4-7-15(21)17-19-16(24-20-17)12-23-11-13-5-2-1-3-6-13/h1-3,5-6,14-15H,4,7-12H2. The second kappa shape index (κ2) is 6.73. The van der Waals surface area contributed by atoms with Crippen LogP contribution in [0, 0.1) is 5.92 Å². The Labute approximate surface area is 140 Å². The third kappa shape index (κ3) is 3.33. The molecule has 1 aliphatic carbocycles. The largest absolute Gasteiger partial charge is 0.367 e. The van der Waals surface area contributed by atoms with Crippen LogP contribution in [0.4, 0.5) is 0 Å². The number of aromatic nitrogens is 2. The molecule has 2 aliphatic rings. The van der Waals surface area contributed by atoms with Gasteiger partial charge in [0.1, 0.15) is 6.61 Å². The summed E-state index contributed by atoms with van der Waals surface area (Å²) in [6.07, 6.45) is 3.94. The third-order valence-electron chi connectivity index (χ3n) is 4.58. The molecule has 1 saturated carbocycles. The molecule has 0 radical (unpaired) electrons. The van der Waals surface area contributed by atoms with Crippen molar-refractivity contribution in [2.75, 3.05) is 6.54 Å². The van der Waals surface area contributed by atoms with Crippen molar-refractivity contribution in [3.8, 4) is 0 Å². The maximum atomic E-state index is 12.3. The Bertz CT molecular complexity index is 697. The van der Waals surface area contributed by atoms with Crippen molar-refractivity contribution in [2.24, 2.45) is 5.92 Å². The van der Waals surface area contributed by atoms with Gasteiger partial charge in [0.25, 0.3) is 5.89 Å². The first-order valence-electron chi connectivity index (χ1n) is 8.56. The Balaban J connectivity index is 1.34. The summed E-state index contributed by atoms with van der Waals surface area (Å²) >= 11 is 0. The van der Waals surface area contributed by atoms with Crippen molar-refractivity contribution in [1.29, 1.82) is 0 Å². The predicted molar refractivity (Wildman–Crippen MR) is 85.6 cm³/mol. The normalized spacial score (nSPS) is 20.5. The average molecular weight is 327 g/mol. The minimum absolute atomic E-state index is 0.0373. The fraction of sp³-hybridized carbons (Fsp3) is 0.500. The smallest absolute Gasteiger partial charge is 0.252 e. The number of carbonyl (C=O) groups is 1. The zero-order valence-electron chi connectivity index (χ0n) is 13.6. The summed E-state index contributed by atoms with van der Waals surface area (Å²) in [6, 6.07) is 9.93. The van der Waals surface area contributed by atoms with E-state index >= 15 is 0 Å². The van der Waals surface area contributed by atoms with Crippen LogP contribution in [-0.2, 0) is 22.7 Å². The fourth-order valence-electron chi connectivity index (χ4n) is 3.16. The molecule has 2 fully saturated rings. The highest BCUT2D eigenvalue weighted by molar-refractivity contribution is 5.81. The molecule has 6 nitrogen and oxygen atoms in total. The molecule has 0 spiro atoms. The molecule has 1 aromatic heterocycles. The molecule has 1 aromatic carbocycles.